The molecule has 0 aliphatic rings. The molecule has 1 heteroatoms. The minimum Gasteiger partial charge on any atom is -0.207 e. The molecule has 0 bridgehead atoms. The molecule has 80 valence electrons. The summed E-state index contributed by atoms with van der Waals surface area (Å²) in [7, 11) is 0. The molecule has 0 aromatic heterocycles. The molecule has 0 saturated carbocycles. The van der Waals surface area contributed by atoms with Crippen LogP contribution in [0.25, 0.3) is 0 Å². The Morgan fingerprint density at radius 3 is 1.93 bits per heavy atom. The fourth-order valence-electron chi connectivity index (χ4n) is 1.42. The molecule has 1 aromatic rings. The first kappa shape index (κ1) is 13.2. The predicted octanol–water partition coefficient (Wildman–Crippen LogP) is 4.29. The second-order valence-electron chi connectivity index (χ2n) is 3.08. The second-order valence-corrected chi connectivity index (χ2v) is 3.08. The lowest BCUT2D eigenvalue weighted by molar-refractivity contribution is 0.610. The average molecular weight is 196 g/mol. The standard InChI is InChI=1S/C11H15F.C2H6/c1-4-9-7-10(5-2)11(12)6-8(9)3;1-2/h6-7H,4-5H2,1-3H3;1-2H3. The predicted molar refractivity (Wildman–Crippen MR) is 61.2 cm³/mol. The van der Waals surface area contributed by atoms with E-state index in [1.54, 1.807) is 6.07 Å². The third-order valence-corrected chi connectivity index (χ3v) is 2.27. The molecule has 14 heavy (non-hydrogen) atoms. The highest BCUT2D eigenvalue weighted by molar-refractivity contribution is 5.32. The van der Waals surface area contributed by atoms with Gasteiger partial charge < -0.3 is 0 Å². The smallest absolute Gasteiger partial charge is 0.126 e. The molecule has 0 N–H and O–H groups in total. The van der Waals surface area contributed by atoms with Crippen molar-refractivity contribution < 1.29 is 4.39 Å². The Labute approximate surface area is 87.2 Å². The normalized spacial score (nSPS) is 9.29. The molecule has 0 nitrogen and oxygen atoms in total. The van der Waals surface area contributed by atoms with Crippen LogP contribution in [0, 0.1) is 12.7 Å². The molecule has 0 atom stereocenters. The maximum atomic E-state index is 13.2. The van der Waals surface area contributed by atoms with E-state index in [0.717, 1.165) is 24.0 Å². The van der Waals surface area contributed by atoms with E-state index in [0.29, 0.717) is 0 Å². The zero-order valence-corrected chi connectivity index (χ0v) is 9.95. The summed E-state index contributed by atoms with van der Waals surface area (Å²) in [5, 5.41) is 0. The third kappa shape index (κ3) is 3.13. The lowest BCUT2D eigenvalue weighted by Crippen LogP contribution is -1.94. The molecule has 0 fully saturated rings. The summed E-state index contributed by atoms with van der Waals surface area (Å²) in [6.45, 7) is 10.0. The lowest BCUT2D eigenvalue weighted by Gasteiger charge is -2.06. The van der Waals surface area contributed by atoms with Crippen LogP contribution in [0.3, 0.4) is 0 Å². The fraction of sp³-hybridized carbons (Fsp3) is 0.538. The summed E-state index contributed by atoms with van der Waals surface area (Å²) in [6.07, 6.45) is 1.76. The number of benzene rings is 1. The van der Waals surface area contributed by atoms with Crippen LogP contribution in [0.5, 0.6) is 0 Å². The van der Waals surface area contributed by atoms with E-state index in [2.05, 4.69) is 6.92 Å². The molecule has 1 rings (SSSR count). The van der Waals surface area contributed by atoms with Crippen molar-refractivity contribution >= 4 is 0 Å². The van der Waals surface area contributed by atoms with E-state index in [1.807, 2.05) is 33.8 Å². The van der Waals surface area contributed by atoms with Gasteiger partial charge in [0.25, 0.3) is 0 Å². The van der Waals surface area contributed by atoms with Gasteiger partial charge in [-0.05, 0) is 42.5 Å². The van der Waals surface area contributed by atoms with Gasteiger partial charge in [0.2, 0.25) is 0 Å². The Hall–Kier alpha value is -0.850. The maximum Gasteiger partial charge on any atom is 0.126 e. The SMILES string of the molecule is CC.CCc1cc(CC)c(F)cc1C. The van der Waals surface area contributed by atoms with Crippen LogP contribution in [-0.2, 0) is 12.8 Å². The van der Waals surface area contributed by atoms with Crippen LogP contribution in [-0.4, -0.2) is 0 Å². The van der Waals surface area contributed by atoms with Crippen molar-refractivity contribution in [3.63, 3.8) is 0 Å². The summed E-state index contributed by atoms with van der Waals surface area (Å²) in [4.78, 5) is 0. The fourth-order valence-corrected chi connectivity index (χ4v) is 1.42. The van der Waals surface area contributed by atoms with E-state index in [1.165, 1.54) is 5.56 Å². The van der Waals surface area contributed by atoms with Gasteiger partial charge in [-0.25, -0.2) is 4.39 Å². The van der Waals surface area contributed by atoms with Crippen molar-refractivity contribution in [2.24, 2.45) is 0 Å². The molecular formula is C13H21F. The van der Waals surface area contributed by atoms with Crippen LogP contribution in [0.4, 0.5) is 4.39 Å². The number of rotatable bonds is 2. The van der Waals surface area contributed by atoms with Crippen molar-refractivity contribution in [1.82, 2.24) is 0 Å². The lowest BCUT2D eigenvalue weighted by atomic mass is 10.0. The van der Waals surface area contributed by atoms with Gasteiger partial charge in [-0.1, -0.05) is 33.8 Å². The minimum atomic E-state index is -0.0628. The van der Waals surface area contributed by atoms with Crippen molar-refractivity contribution in [2.75, 3.05) is 0 Å². The van der Waals surface area contributed by atoms with Gasteiger partial charge in [0.1, 0.15) is 5.82 Å². The van der Waals surface area contributed by atoms with E-state index in [-0.39, 0.29) is 5.82 Å². The van der Waals surface area contributed by atoms with Crippen LogP contribution in [0.1, 0.15) is 44.4 Å². The minimum absolute atomic E-state index is 0.0628. The summed E-state index contributed by atoms with van der Waals surface area (Å²) in [5.74, 6) is -0.0628. The van der Waals surface area contributed by atoms with Crippen molar-refractivity contribution in [1.29, 1.82) is 0 Å². The third-order valence-electron chi connectivity index (χ3n) is 2.27. The Balaban J connectivity index is 0.000000791. The van der Waals surface area contributed by atoms with E-state index >= 15 is 0 Å². The summed E-state index contributed by atoms with van der Waals surface area (Å²) in [5.41, 5.74) is 3.15. The first-order chi connectivity index (χ1) is 6.69. The Morgan fingerprint density at radius 2 is 1.50 bits per heavy atom. The molecule has 0 amide bonds. The van der Waals surface area contributed by atoms with Crippen LogP contribution < -0.4 is 0 Å². The average Bonchev–Trinajstić information content (AvgIpc) is 2.21. The van der Waals surface area contributed by atoms with Crippen molar-refractivity contribution in [2.45, 2.75) is 47.5 Å². The quantitative estimate of drug-likeness (QED) is 0.662. The van der Waals surface area contributed by atoms with Crippen molar-refractivity contribution in [3.8, 4) is 0 Å². The molecule has 0 saturated heterocycles. The highest BCUT2D eigenvalue weighted by atomic mass is 19.1. The Kier molecular flexibility index (Phi) is 6.18. The van der Waals surface area contributed by atoms with Gasteiger partial charge in [0.05, 0.1) is 0 Å². The van der Waals surface area contributed by atoms with E-state index in [4.69, 9.17) is 0 Å². The molecule has 0 radical (unpaired) electrons. The van der Waals surface area contributed by atoms with Gasteiger partial charge >= 0.3 is 0 Å². The first-order valence-corrected chi connectivity index (χ1v) is 5.47. The van der Waals surface area contributed by atoms with E-state index < -0.39 is 0 Å². The number of hydrogen-bond acceptors (Lipinski definition) is 0. The van der Waals surface area contributed by atoms with Gasteiger partial charge in [-0.15, -0.1) is 0 Å². The Bertz CT molecular complexity index is 252. The monoisotopic (exact) mass is 196 g/mol. The second kappa shape index (κ2) is 6.58. The number of hydrogen-bond donors (Lipinski definition) is 0. The molecule has 0 aliphatic heterocycles. The molecule has 0 heterocycles. The largest absolute Gasteiger partial charge is 0.207 e. The van der Waals surface area contributed by atoms with Crippen LogP contribution >= 0.6 is 0 Å². The van der Waals surface area contributed by atoms with Gasteiger partial charge in [0.15, 0.2) is 0 Å². The first-order valence-electron chi connectivity index (χ1n) is 5.47. The molecule has 0 unspecified atom stereocenters. The van der Waals surface area contributed by atoms with Gasteiger partial charge in [0, 0.05) is 0 Å². The highest BCUT2D eigenvalue weighted by Gasteiger charge is 2.03. The van der Waals surface area contributed by atoms with Crippen LogP contribution in [0.2, 0.25) is 0 Å². The molecule has 0 spiro atoms. The number of aryl methyl sites for hydroxylation is 3. The van der Waals surface area contributed by atoms with E-state index in [9.17, 15) is 4.39 Å². The van der Waals surface area contributed by atoms with Crippen LogP contribution in [0.15, 0.2) is 12.1 Å². The highest BCUT2D eigenvalue weighted by Crippen LogP contribution is 2.16. The molecule has 1 aromatic carbocycles. The summed E-state index contributed by atoms with van der Waals surface area (Å²) in [6, 6.07) is 3.61. The zero-order valence-electron chi connectivity index (χ0n) is 9.95. The van der Waals surface area contributed by atoms with Gasteiger partial charge in [-0.3, -0.25) is 0 Å². The van der Waals surface area contributed by atoms with Crippen molar-refractivity contribution in [3.05, 3.63) is 34.6 Å². The molecule has 0 aliphatic carbocycles. The summed E-state index contributed by atoms with van der Waals surface area (Å²) < 4.78 is 13.2. The molecular weight excluding hydrogens is 175 g/mol. The topological polar surface area (TPSA) is 0 Å². The number of halogens is 1. The van der Waals surface area contributed by atoms with Gasteiger partial charge in [-0.2, -0.15) is 0 Å². The Morgan fingerprint density at radius 1 is 1.00 bits per heavy atom. The summed E-state index contributed by atoms with van der Waals surface area (Å²) >= 11 is 0. The zero-order chi connectivity index (χ0) is 11.1. The maximum absolute atomic E-state index is 13.2.